The Bertz CT molecular complexity index is 486. The summed E-state index contributed by atoms with van der Waals surface area (Å²) in [4.78, 5) is 6.20. The topological polar surface area (TPSA) is 27.6 Å². The Morgan fingerprint density at radius 1 is 1.43 bits per heavy atom. The first-order chi connectivity index (χ1) is 10.1. The van der Waals surface area contributed by atoms with Crippen LogP contribution in [0, 0.1) is 11.6 Å². The Hall–Kier alpha value is -1.91. The van der Waals surface area contributed by atoms with Crippen LogP contribution < -0.4 is 5.32 Å². The molecule has 1 aromatic carbocycles. The molecule has 0 radical (unpaired) electrons. The van der Waals surface area contributed by atoms with Gasteiger partial charge in [0.05, 0.1) is 0 Å². The highest BCUT2D eigenvalue weighted by Gasteiger charge is 2.07. The van der Waals surface area contributed by atoms with Crippen LogP contribution in [0.15, 0.2) is 35.8 Å². The number of benzene rings is 1. The third-order valence-corrected chi connectivity index (χ3v) is 3.17. The maximum Gasteiger partial charge on any atom is 0.193 e. The molecule has 0 spiro atoms. The predicted octanol–water partition coefficient (Wildman–Crippen LogP) is 2.98. The molecule has 116 valence electrons. The van der Waals surface area contributed by atoms with Crippen molar-refractivity contribution in [1.29, 1.82) is 0 Å². The molecule has 0 heterocycles. The molecule has 3 nitrogen and oxygen atoms in total. The number of hydrogen-bond acceptors (Lipinski definition) is 1. The third kappa shape index (κ3) is 5.94. The summed E-state index contributed by atoms with van der Waals surface area (Å²) in [5, 5.41) is 3.18. The molecule has 0 aliphatic rings. The molecule has 1 N–H and O–H groups in total. The zero-order valence-electron chi connectivity index (χ0n) is 12.7. The second-order valence-corrected chi connectivity index (χ2v) is 4.81. The smallest absolute Gasteiger partial charge is 0.193 e. The van der Waals surface area contributed by atoms with Crippen molar-refractivity contribution >= 4 is 5.96 Å². The van der Waals surface area contributed by atoms with Crippen molar-refractivity contribution in [1.82, 2.24) is 10.2 Å². The average molecular weight is 295 g/mol. The van der Waals surface area contributed by atoms with E-state index in [9.17, 15) is 8.78 Å². The summed E-state index contributed by atoms with van der Waals surface area (Å²) in [5.41, 5.74) is 0.494. The minimum atomic E-state index is -0.554. The van der Waals surface area contributed by atoms with E-state index in [0.717, 1.165) is 31.4 Å². The van der Waals surface area contributed by atoms with E-state index in [1.807, 2.05) is 18.0 Å². The van der Waals surface area contributed by atoms with Crippen molar-refractivity contribution in [3.8, 4) is 0 Å². The van der Waals surface area contributed by atoms with Gasteiger partial charge >= 0.3 is 0 Å². The predicted molar refractivity (Wildman–Crippen MR) is 83.5 cm³/mol. The summed E-state index contributed by atoms with van der Waals surface area (Å²) in [5.74, 6) is -0.297. The van der Waals surface area contributed by atoms with Gasteiger partial charge in [0.1, 0.15) is 11.6 Å². The van der Waals surface area contributed by atoms with E-state index in [4.69, 9.17) is 0 Å². The largest absolute Gasteiger partial charge is 0.356 e. The van der Waals surface area contributed by atoms with Gasteiger partial charge < -0.3 is 10.2 Å². The lowest BCUT2D eigenvalue weighted by Gasteiger charge is -2.21. The molecule has 5 heteroatoms. The standard InChI is InChI=1S/C16H23F2N3/c1-4-5-6-11-21(3)16(19-2)20-10-9-13-7-8-14(17)12-15(13)18/h4,7-8,12H,1,5-6,9-11H2,2-3H3,(H,19,20). The Morgan fingerprint density at radius 3 is 2.81 bits per heavy atom. The van der Waals surface area contributed by atoms with Crippen LogP contribution >= 0.6 is 0 Å². The zero-order chi connectivity index (χ0) is 15.7. The molecule has 0 fully saturated rings. The summed E-state index contributed by atoms with van der Waals surface area (Å²) < 4.78 is 26.3. The molecule has 0 aromatic heterocycles. The summed E-state index contributed by atoms with van der Waals surface area (Å²) in [6.45, 7) is 5.11. The number of hydrogen-bond donors (Lipinski definition) is 1. The molecule has 0 saturated heterocycles. The number of aliphatic imine (C=N–C) groups is 1. The number of allylic oxidation sites excluding steroid dienone is 1. The first kappa shape index (κ1) is 17.1. The molecular formula is C16H23F2N3. The Morgan fingerprint density at radius 2 is 2.19 bits per heavy atom. The van der Waals surface area contributed by atoms with Crippen molar-refractivity contribution in [2.24, 2.45) is 4.99 Å². The quantitative estimate of drug-likeness (QED) is 0.362. The van der Waals surface area contributed by atoms with E-state index in [1.54, 1.807) is 7.05 Å². The lowest BCUT2D eigenvalue weighted by molar-refractivity contribution is 0.470. The number of nitrogens with zero attached hydrogens (tertiary/aromatic N) is 2. The van der Waals surface area contributed by atoms with Crippen molar-refractivity contribution in [2.45, 2.75) is 19.3 Å². The highest BCUT2D eigenvalue weighted by molar-refractivity contribution is 5.79. The molecule has 1 rings (SSSR count). The van der Waals surface area contributed by atoms with Crippen molar-refractivity contribution < 1.29 is 8.78 Å². The zero-order valence-corrected chi connectivity index (χ0v) is 12.7. The van der Waals surface area contributed by atoms with Crippen molar-refractivity contribution in [3.63, 3.8) is 0 Å². The number of halogens is 2. The van der Waals surface area contributed by atoms with E-state index in [2.05, 4.69) is 16.9 Å². The van der Waals surface area contributed by atoms with Crippen LogP contribution in [0.3, 0.4) is 0 Å². The number of nitrogens with one attached hydrogen (secondary N) is 1. The maximum absolute atomic E-state index is 13.5. The molecular weight excluding hydrogens is 272 g/mol. The van der Waals surface area contributed by atoms with Gasteiger partial charge in [-0.05, 0) is 30.9 Å². The van der Waals surface area contributed by atoms with E-state index in [1.165, 1.54) is 12.1 Å². The Kier molecular flexibility index (Phi) is 7.43. The van der Waals surface area contributed by atoms with E-state index >= 15 is 0 Å². The molecule has 0 aliphatic heterocycles. The van der Waals surface area contributed by atoms with E-state index in [-0.39, 0.29) is 0 Å². The molecule has 0 unspecified atom stereocenters. The van der Waals surface area contributed by atoms with Gasteiger partial charge in [-0.1, -0.05) is 12.1 Å². The summed E-state index contributed by atoms with van der Waals surface area (Å²) in [6, 6.07) is 3.66. The number of rotatable bonds is 7. The third-order valence-electron chi connectivity index (χ3n) is 3.17. The van der Waals surface area contributed by atoms with Crippen LogP contribution in [0.25, 0.3) is 0 Å². The molecule has 0 amide bonds. The number of unbranched alkanes of at least 4 members (excludes halogenated alkanes) is 1. The van der Waals surface area contributed by atoms with E-state index < -0.39 is 11.6 Å². The maximum atomic E-state index is 13.5. The highest BCUT2D eigenvalue weighted by atomic mass is 19.1. The van der Waals surface area contributed by atoms with Crippen LogP contribution in [0.2, 0.25) is 0 Å². The van der Waals surface area contributed by atoms with Gasteiger partial charge in [-0.15, -0.1) is 6.58 Å². The lowest BCUT2D eigenvalue weighted by atomic mass is 10.1. The highest BCUT2D eigenvalue weighted by Crippen LogP contribution is 2.09. The van der Waals surface area contributed by atoms with Crippen molar-refractivity contribution in [2.75, 3.05) is 27.2 Å². The van der Waals surface area contributed by atoms with Gasteiger partial charge in [0.15, 0.2) is 5.96 Å². The SMILES string of the molecule is C=CCCCN(C)C(=NC)NCCc1ccc(F)cc1F. The molecule has 21 heavy (non-hydrogen) atoms. The monoisotopic (exact) mass is 295 g/mol. The summed E-state index contributed by atoms with van der Waals surface area (Å²) >= 11 is 0. The average Bonchev–Trinajstić information content (AvgIpc) is 2.45. The van der Waals surface area contributed by atoms with Crippen LogP contribution in [-0.2, 0) is 6.42 Å². The molecule has 0 bridgehead atoms. The molecule has 0 aliphatic carbocycles. The van der Waals surface area contributed by atoms with E-state index in [0.29, 0.717) is 18.5 Å². The fourth-order valence-corrected chi connectivity index (χ4v) is 2.00. The molecule has 0 saturated carbocycles. The first-order valence-electron chi connectivity index (χ1n) is 7.05. The van der Waals surface area contributed by atoms with Gasteiger partial charge in [0, 0.05) is 33.3 Å². The fourth-order valence-electron chi connectivity index (χ4n) is 2.00. The lowest BCUT2D eigenvalue weighted by Crippen LogP contribution is -2.40. The first-order valence-corrected chi connectivity index (χ1v) is 7.05. The van der Waals surface area contributed by atoms with Crippen LogP contribution in [0.5, 0.6) is 0 Å². The minimum absolute atomic E-state index is 0.478. The van der Waals surface area contributed by atoms with Crippen LogP contribution in [-0.4, -0.2) is 38.0 Å². The van der Waals surface area contributed by atoms with Gasteiger partial charge in [0.2, 0.25) is 0 Å². The fraction of sp³-hybridized carbons (Fsp3) is 0.438. The van der Waals surface area contributed by atoms with Crippen molar-refractivity contribution in [3.05, 3.63) is 48.1 Å². The Labute approximate surface area is 125 Å². The minimum Gasteiger partial charge on any atom is -0.356 e. The molecule has 0 atom stereocenters. The normalized spacial score (nSPS) is 11.3. The number of guanidine groups is 1. The second-order valence-electron chi connectivity index (χ2n) is 4.81. The summed E-state index contributed by atoms with van der Waals surface area (Å²) in [7, 11) is 3.67. The van der Waals surface area contributed by atoms with Gasteiger partial charge in [-0.25, -0.2) is 8.78 Å². The van der Waals surface area contributed by atoms with Gasteiger partial charge in [0.25, 0.3) is 0 Å². The molecule has 1 aromatic rings. The van der Waals surface area contributed by atoms with Gasteiger partial charge in [-0.3, -0.25) is 4.99 Å². The van der Waals surface area contributed by atoms with Crippen LogP contribution in [0.4, 0.5) is 8.78 Å². The second kappa shape index (κ2) is 9.10. The summed E-state index contributed by atoms with van der Waals surface area (Å²) in [6.07, 6.45) is 4.34. The van der Waals surface area contributed by atoms with Gasteiger partial charge in [-0.2, -0.15) is 0 Å². The van der Waals surface area contributed by atoms with Crippen LogP contribution in [0.1, 0.15) is 18.4 Å². The Balaban J connectivity index is 2.43.